The Kier molecular flexibility index (Phi) is 7.66. The molecule has 1 heterocycles. The fourth-order valence-corrected chi connectivity index (χ4v) is 2.53. The molecule has 1 aromatic carbocycles. The molecule has 2 amide bonds. The first-order valence-corrected chi connectivity index (χ1v) is 8.72. The summed E-state index contributed by atoms with van der Waals surface area (Å²) in [5.74, 6) is -0.208. The summed E-state index contributed by atoms with van der Waals surface area (Å²) in [7, 11) is 1.56. The molecule has 1 saturated heterocycles. The molecular weight excluding hydrogens is 352 g/mol. The molecule has 2 rings (SSSR count). The van der Waals surface area contributed by atoms with Gasteiger partial charge in [-0.15, -0.1) is 0 Å². The first kappa shape index (κ1) is 20.3. The number of carbonyl (C=O) groups is 3. The number of rotatable bonds is 6. The summed E-state index contributed by atoms with van der Waals surface area (Å²) in [6.45, 7) is 3.29. The Morgan fingerprint density at radius 2 is 1.78 bits per heavy atom. The molecular formula is C19H24N2O6. The molecule has 146 valence electrons. The second-order valence-electron chi connectivity index (χ2n) is 5.78. The lowest BCUT2D eigenvalue weighted by molar-refractivity contribution is -0.148. The Balaban J connectivity index is 1.74. The van der Waals surface area contributed by atoms with E-state index in [2.05, 4.69) is 0 Å². The number of esters is 1. The van der Waals surface area contributed by atoms with Crippen LogP contribution in [0.25, 0.3) is 6.08 Å². The van der Waals surface area contributed by atoms with Crippen molar-refractivity contribution in [2.45, 2.75) is 6.92 Å². The van der Waals surface area contributed by atoms with Crippen molar-refractivity contribution in [1.29, 1.82) is 0 Å². The molecule has 27 heavy (non-hydrogen) atoms. The topological polar surface area (TPSA) is 85.4 Å². The number of methoxy groups -OCH3 is 1. The zero-order valence-corrected chi connectivity index (χ0v) is 15.6. The van der Waals surface area contributed by atoms with Crippen LogP contribution >= 0.6 is 0 Å². The molecule has 8 nitrogen and oxygen atoms in total. The Hall–Kier alpha value is -3.03. The summed E-state index contributed by atoms with van der Waals surface area (Å²) < 4.78 is 15.0. The Bertz CT molecular complexity index is 695. The summed E-state index contributed by atoms with van der Waals surface area (Å²) in [5.41, 5.74) is 0.785. The van der Waals surface area contributed by atoms with Crippen LogP contribution in [0.5, 0.6) is 5.75 Å². The van der Waals surface area contributed by atoms with Crippen LogP contribution in [0.4, 0.5) is 4.79 Å². The molecule has 0 N–H and O–H groups in total. The predicted octanol–water partition coefficient (Wildman–Crippen LogP) is 1.55. The molecule has 1 aliphatic heterocycles. The fourth-order valence-electron chi connectivity index (χ4n) is 2.53. The van der Waals surface area contributed by atoms with Gasteiger partial charge in [-0.05, 0) is 30.7 Å². The Morgan fingerprint density at radius 3 is 2.44 bits per heavy atom. The monoisotopic (exact) mass is 376 g/mol. The average molecular weight is 376 g/mol. The van der Waals surface area contributed by atoms with Crippen molar-refractivity contribution in [3.8, 4) is 5.75 Å². The standard InChI is InChI=1S/C19H24N2O6/c1-3-26-19(24)21-11-9-20(10-12-21)17(22)14-27-18(23)8-7-15-5-4-6-16(13-15)25-2/h4-8,13H,3,9-12,14H2,1-2H3/b8-7+. The van der Waals surface area contributed by atoms with Gasteiger partial charge in [0.05, 0.1) is 13.7 Å². The molecule has 1 aliphatic rings. The van der Waals surface area contributed by atoms with Crippen LogP contribution in [0.15, 0.2) is 30.3 Å². The van der Waals surface area contributed by atoms with Crippen molar-refractivity contribution >= 4 is 24.0 Å². The predicted molar refractivity (Wildman–Crippen MR) is 98.2 cm³/mol. The number of piperazine rings is 1. The molecule has 1 fully saturated rings. The van der Waals surface area contributed by atoms with Crippen molar-refractivity contribution < 1.29 is 28.6 Å². The van der Waals surface area contributed by atoms with E-state index >= 15 is 0 Å². The van der Waals surface area contributed by atoms with Crippen LogP contribution < -0.4 is 4.74 Å². The van der Waals surface area contributed by atoms with E-state index < -0.39 is 5.97 Å². The number of benzene rings is 1. The van der Waals surface area contributed by atoms with Gasteiger partial charge in [0, 0.05) is 32.3 Å². The normalized spacial score (nSPS) is 14.1. The lowest BCUT2D eigenvalue weighted by Gasteiger charge is -2.33. The van der Waals surface area contributed by atoms with Crippen molar-refractivity contribution in [2.24, 2.45) is 0 Å². The van der Waals surface area contributed by atoms with E-state index in [-0.39, 0.29) is 18.6 Å². The van der Waals surface area contributed by atoms with Gasteiger partial charge in [-0.3, -0.25) is 4.79 Å². The van der Waals surface area contributed by atoms with Crippen LogP contribution in [-0.2, 0) is 19.1 Å². The minimum Gasteiger partial charge on any atom is -0.497 e. The van der Waals surface area contributed by atoms with E-state index in [0.29, 0.717) is 38.5 Å². The maximum atomic E-state index is 12.1. The second kappa shape index (κ2) is 10.2. The summed E-state index contributed by atoms with van der Waals surface area (Å²) in [6.07, 6.45) is 2.48. The van der Waals surface area contributed by atoms with Gasteiger partial charge in [0.2, 0.25) is 0 Å². The lowest BCUT2D eigenvalue weighted by atomic mass is 10.2. The van der Waals surface area contributed by atoms with Gasteiger partial charge in [-0.1, -0.05) is 12.1 Å². The molecule has 0 unspecified atom stereocenters. The van der Waals surface area contributed by atoms with Gasteiger partial charge in [0.25, 0.3) is 5.91 Å². The fraction of sp³-hybridized carbons (Fsp3) is 0.421. The largest absolute Gasteiger partial charge is 0.497 e. The summed E-state index contributed by atoms with van der Waals surface area (Å²) in [5, 5.41) is 0. The summed E-state index contributed by atoms with van der Waals surface area (Å²) in [6, 6.07) is 7.21. The molecule has 0 aliphatic carbocycles. The minimum atomic E-state index is -0.601. The lowest BCUT2D eigenvalue weighted by Crippen LogP contribution is -2.51. The van der Waals surface area contributed by atoms with Crippen LogP contribution in [0.1, 0.15) is 12.5 Å². The number of ether oxygens (including phenoxy) is 3. The van der Waals surface area contributed by atoms with Gasteiger partial charge in [0.1, 0.15) is 5.75 Å². The Labute approximate surface area is 158 Å². The highest BCUT2D eigenvalue weighted by atomic mass is 16.6. The van der Waals surface area contributed by atoms with Crippen LogP contribution in [-0.4, -0.2) is 74.3 Å². The highest BCUT2D eigenvalue weighted by molar-refractivity contribution is 5.89. The molecule has 0 spiro atoms. The first-order chi connectivity index (χ1) is 13.0. The van der Waals surface area contributed by atoms with Crippen LogP contribution in [0.2, 0.25) is 0 Å². The molecule has 8 heteroatoms. The quantitative estimate of drug-likeness (QED) is 0.553. The number of carbonyl (C=O) groups excluding carboxylic acids is 3. The molecule has 1 aromatic rings. The van der Waals surface area contributed by atoms with E-state index in [9.17, 15) is 14.4 Å². The van der Waals surface area contributed by atoms with Crippen molar-refractivity contribution in [1.82, 2.24) is 9.80 Å². The van der Waals surface area contributed by atoms with Gasteiger partial charge < -0.3 is 24.0 Å². The van der Waals surface area contributed by atoms with Gasteiger partial charge in [0.15, 0.2) is 6.61 Å². The van der Waals surface area contributed by atoms with Gasteiger partial charge in [-0.25, -0.2) is 9.59 Å². The molecule has 0 aromatic heterocycles. The highest BCUT2D eigenvalue weighted by Gasteiger charge is 2.25. The third kappa shape index (κ3) is 6.32. The molecule has 0 saturated carbocycles. The summed E-state index contributed by atoms with van der Waals surface area (Å²) in [4.78, 5) is 38.7. The maximum absolute atomic E-state index is 12.1. The Morgan fingerprint density at radius 1 is 1.07 bits per heavy atom. The minimum absolute atomic E-state index is 0.290. The third-order valence-corrected chi connectivity index (χ3v) is 4.00. The van der Waals surface area contributed by atoms with Gasteiger partial charge >= 0.3 is 12.1 Å². The summed E-state index contributed by atoms with van der Waals surface area (Å²) >= 11 is 0. The second-order valence-corrected chi connectivity index (χ2v) is 5.78. The zero-order valence-electron chi connectivity index (χ0n) is 15.6. The van der Waals surface area contributed by atoms with Gasteiger partial charge in [-0.2, -0.15) is 0 Å². The van der Waals surface area contributed by atoms with Crippen LogP contribution in [0.3, 0.4) is 0 Å². The first-order valence-electron chi connectivity index (χ1n) is 8.72. The van der Waals surface area contributed by atoms with E-state index in [1.54, 1.807) is 42.0 Å². The zero-order chi connectivity index (χ0) is 19.6. The number of nitrogens with zero attached hydrogens (tertiary/aromatic N) is 2. The van der Waals surface area contributed by atoms with Crippen molar-refractivity contribution in [3.63, 3.8) is 0 Å². The SMILES string of the molecule is CCOC(=O)N1CCN(C(=O)COC(=O)/C=C/c2cccc(OC)c2)CC1. The van der Waals surface area contributed by atoms with E-state index in [1.165, 1.54) is 6.08 Å². The van der Waals surface area contributed by atoms with E-state index in [4.69, 9.17) is 14.2 Å². The maximum Gasteiger partial charge on any atom is 0.409 e. The number of hydrogen-bond acceptors (Lipinski definition) is 6. The molecule has 0 bridgehead atoms. The average Bonchev–Trinajstić information content (AvgIpc) is 2.71. The molecule has 0 atom stereocenters. The van der Waals surface area contributed by atoms with Crippen molar-refractivity contribution in [3.05, 3.63) is 35.9 Å². The van der Waals surface area contributed by atoms with Crippen molar-refractivity contribution in [2.75, 3.05) is 46.5 Å². The smallest absolute Gasteiger partial charge is 0.409 e. The van der Waals surface area contributed by atoms with E-state index in [1.807, 2.05) is 12.1 Å². The molecule has 0 radical (unpaired) electrons. The highest BCUT2D eigenvalue weighted by Crippen LogP contribution is 2.13. The van der Waals surface area contributed by atoms with E-state index in [0.717, 1.165) is 5.56 Å². The number of hydrogen-bond donors (Lipinski definition) is 0. The number of amides is 2. The van der Waals surface area contributed by atoms with Crippen LogP contribution in [0, 0.1) is 0 Å². The third-order valence-electron chi connectivity index (χ3n) is 4.00.